The van der Waals surface area contributed by atoms with Crippen LogP contribution in [-0.4, -0.2) is 46.2 Å². The van der Waals surface area contributed by atoms with Gasteiger partial charge in [-0.25, -0.2) is 4.98 Å². The predicted octanol–water partition coefficient (Wildman–Crippen LogP) is 1.10. The second kappa shape index (κ2) is 5.19. The SMILES string of the molecule is c1cn(CCCNC2CCN(C3CC3)C2)cn1. The van der Waals surface area contributed by atoms with E-state index in [2.05, 4.69) is 19.8 Å². The molecular formula is C13H22N4. The van der Waals surface area contributed by atoms with Gasteiger partial charge >= 0.3 is 0 Å². The van der Waals surface area contributed by atoms with Crippen molar-refractivity contribution in [2.24, 2.45) is 0 Å². The molecule has 3 rings (SSSR count). The lowest BCUT2D eigenvalue weighted by molar-refractivity contribution is 0.317. The second-order valence-corrected chi connectivity index (χ2v) is 5.32. The summed E-state index contributed by atoms with van der Waals surface area (Å²) in [7, 11) is 0. The van der Waals surface area contributed by atoms with E-state index in [1.165, 1.54) is 38.8 Å². The number of nitrogens with one attached hydrogen (secondary N) is 1. The molecule has 4 nitrogen and oxygen atoms in total. The van der Waals surface area contributed by atoms with Crippen molar-refractivity contribution in [3.63, 3.8) is 0 Å². The fraction of sp³-hybridized carbons (Fsp3) is 0.769. The fourth-order valence-electron chi connectivity index (χ4n) is 2.71. The Labute approximate surface area is 103 Å². The molecule has 2 heterocycles. The highest BCUT2D eigenvalue weighted by Crippen LogP contribution is 2.29. The first-order chi connectivity index (χ1) is 8.42. The molecule has 17 heavy (non-hydrogen) atoms. The molecule has 1 N–H and O–H groups in total. The van der Waals surface area contributed by atoms with E-state index in [0.29, 0.717) is 0 Å². The summed E-state index contributed by atoms with van der Waals surface area (Å²) < 4.78 is 2.15. The van der Waals surface area contributed by atoms with Crippen molar-refractivity contribution in [2.45, 2.75) is 44.3 Å². The average Bonchev–Trinajstić information content (AvgIpc) is 2.89. The van der Waals surface area contributed by atoms with Gasteiger partial charge in [-0.05, 0) is 32.2 Å². The summed E-state index contributed by atoms with van der Waals surface area (Å²) in [6.45, 7) is 4.78. The lowest BCUT2D eigenvalue weighted by Gasteiger charge is -2.15. The van der Waals surface area contributed by atoms with Gasteiger partial charge in [-0.1, -0.05) is 0 Å². The van der Waals surface area contributed by atoms with Gasteiger partial charge in [-0.15, -0.1) is 0 Å². The van der Waals surface area contributed by atoms with E-state index in [0.717, 1.165) is 25.2 Å². The van der Waals surface area contributed by atoms with E-state index in [1.54, 1.807) is 0 Å². The number of rotatable bonds is 6. The number of aromatic nitrogens is 2. The highest BCUT2D eigenvalue weighted by Gasteiger charge is 2.33. The fourth-order valence-corrected chi connectivity index (χ4v) is 2.71. The highest BCUT2D eigenvalue weighted by molar-refractivity contribution is 4.91. The van der Waals surface area contributed by atoms with Crippen LogP contribution in [0.15, 0.2) is 18.7 Å². The summed E-state index contributed by atoms with van der Waals surface area (Å²) in [4.78, 5) is 6.71. The Morgan fingerprint density at radius 3 is 3.00 bits per heavy atom. The van der Waals surface area contributed by atoms with E-state index >= 15 is 0 Å². The van der Waals surface area contributed by atoms with Crippen LogP contribution in [-0.2, 0) is 6.54 Å². The molecule has 1 saturated carbocycles. The predicted molar refractivity (Wildman–Crippen MR) is 67.8 cm³/mol. The standard InChI is InChI=1S/C13H22N4/c1(7-16-9-6-14-11-16)5-15-12-4-8-17(10-12)13-2-3-13/h6,9,11-13,15H,1-5,7-8,10H2. The molecule has 0 spiro atoms. The topological polar surface area (TPSA) is 33.1 Å². The van der Waals surface area contributed by atoms with Crippen molar-refractivity contribution in [1.29, 1.82) is 0 Å². The first-order valence-electron chi connectivity index (χ1n) is 6.85. The van der Waals surface area contributed by atoms with Crippen molar-refractivity contribution in [3.8, 4) is 0 Å². The summed E-state index contributed by atoms with van der Waals surface area (Å²) in [6, 6.07) is 1.67. The smallest absolute Gasteiger partial charge is 0.0945 e. The molecule has 2 fully saturated rings. The van der Waals surface area contributed by atoms with Crippen LogP contribution < -0.4 is 5.32 Å². The monoisotopic (exact) mass is 234 g/mol. The molecule has 0 aromatic carbocycles. The summed E-state index contributed by atoms with van der Waals surface area (Å²) in [5, 5.41) is 3.68. The van der Waals surface area contributed by atoms with Crippen molar-refractivity contribution in [2.75, 3.05) is 19.6 Å². The Bertz CT molecular complexity index is 331. The third kappa shape index (κ3) is 3.07. The number of imidazole rings is 1. The Balaban J connectivity index is 1.30. The van der Waals surface area contributed by atoms with Gasteiger partial charge in [0.2, 0.25) is 0 Å². The van der Waals surface area contributed by atoms with Crippen LogP contribution >= 0.6 is 0 Å². The third-order valence-electron chi connectivity index (χ3n) is 3.87. The number of hydrogen-bond acceptors (Lipinski definition) is 3. The maximum Gasteiger partial charge on any atom is 0.0945 e. The molecular weight excluding hydrogens is 212 g/mol. The minimum Gasteiger partial charge on any atom is -0.337 e. The lowest BCUT2D eigenvalue weighted by atomic mass is 10.2. The number of hydrogen-bond donors (Lipinski definition) is 1. The minimum absolute atomic E-state index is 0.735. The van der Waals surface area contributed by atoms with Crippen LogP contribution in [0.3, 0.4) is 0 Å². The molecule has 1 saturated heterocycles. The van der Waals surface area contributed by atoms with Gasteiger partial charge in [0.15, 0.2) is 0 Å². The number of likely N-dealkylation sites (tertiary alicyclic amines) is 1. The average molecular weight is 234 g/mol. The van der Waals surface area contributed by atoms with Gasteiger partial charge in [0.05, 0.1) is 6.33 Å². The Hall–Kier alpha value is -0.870. The highest BCUT2D eigenvalue weighted by atomic mass is 15.2. The Kier molecular flexibility index (Phi) is 3.43. The quantitative estimate of drug-likeness (QED) is 0.748. The summed E-state index contributed by atoms with van der Waals surface area (Å²) in [5.41, 5.74) is 0. The molecule has 1 aliphatic carbocycles. The second-order valence-electron chi connectivity index (χ2n) is 5.32. The van der Waals surface area contributed by atoms with Crippen molar-refractivity contribution < 1.29 is 0 Å². The minimum atomic E-state index is 0.735. The van der Waals surface area contributed by atoms with Crippen LogP contribution in [0, 0.1) is 0 Å². The maximum atomic E-state index is 4.05. The molecule has 1 atom stereocenters. The van der Waals surface area contributed by atoms with Crippen molar-refractivity contribution in [1.82, 2.24) is 19.8 Å². The number of aryl methyl sites for hydroxylation is 1. The van der Waals surface area contributed by atoms with Gasteiger partial charge in [-0.3, -0.25) is 4.90 Å². The van der Waals surface area contributed by atoms with Crippen LogP contribution in [0.1, 0.15) is 25.7 Å². The molecule has 0 amide bonds. The van der Waals surface area contributed by atoms with E-state index in [-0.39, 0.29) is 0 Å². The van der Waals surface area contributed by atoms with Crippen LogP contribution in [0.25, 0.3) is 0 Å². The molecule has 4 heteroatoms. The number of nitrogens with zero attached hydrogens (tertiary/aromatic N) is 3. The zero-order valence-corrected chi connectivity index (χ0v) is 10.4. The summed E-state index contributed by atoms with van der Waals surface area (Å²) in [6.07, 6.45) is 11.2. The van der Waals surface area contributed by atoms with Crippen molar-refractivity contribution >= 4 is 0 Å². The van der Waals surface area contributed by atoms with E-state index in [9.17, 15) is 0 Å². The van der Waals surface area contributed by atoms with Gasteiger partial charge in [0, 0.05) is 44.1 Å². The van der Waals surface area contributed by atoms with E-state index in [1.807, 2.05) is 18.7 Å². The zero-order chi connectivity index (χ0) is 11.5. The summed E-state index contributed by atoms with van der Waals surface area (Å²) in [5.74, 6) is 0. The van der Waals surface area contributed by atoms with Crippen LogP contribution in [0.2, 0.25) is 0 Å². The molecule has 1 aliphatic heterocycles. The Morgan fingerprint density at radius 1 is 1.29 bits per heavy atom. The molecule has 1 aromatic heterocycles. The molecule has 2 aliphatic rings. The van der Waals surface area contributed by atoms with Crippen molar-refractivity contribution in [3.05, 3.63) is 18.7 Å². The largest absolute Gasteiger partial charge is 0.337 e. The van der Waals surface area contributed by atoms with E-state index < -0.39 is 0 Å². The molecule has 0 bridgehead atoms. The van der Waals surface area contributed by atoms with Gasteiger partial charge < -0.3 is 9.88 Å². The maximum absolute atomic E-state index is 4.05. The summed E-state index contributed by atoms with van der Waals surface area (Å²) >= 11 is 0. The van der Waals surface area contributed by atoms with E-state index in [4.69, 9.17) is 0 Å². The third-order valence-corrected chi connectivity index (χ3v) is 3.87. The van der Waals surface area contributed by atoms with Gasteiger partial charge in [-0.2, -0.15) is 0 Å². The molecule has 1 unspecified atom stereocenters. The van der Waals surface area contributed by atoms with Gasteiger partial charge in [0.25, 0.3) is 0 Å². The molecule has 1 aromatic rings. The van der Waals surface area contributed by atoms with Crippen LogP contribution in [0.4, 0.5) is 0 Å². The Morgan fingerprint density at radius 2 is 2.24 bits per heavy atom. The first kappa shape index (κ1) is 11.2. The first-order valence-corrected chi connectivity index (χ1v) is 6.85. The molecule has 94 valence electrons. The zero-order valence-electron chi connectivity index (χ0n) is 10.4. The normalized spacial score (nSPS) is 25.5. The lowest BCUT2D eigenvalue weighted by Crippen LogP contribution is -2.34. The van der Waals surface area contributed by atoms with Crippen LogP contribution in [0.5, 0.6) is 0 Å². The van der Waals surface area contributed by atoms with Gasteiger partial charge in [0.1, 0.15) is 0 Å². The molecule has 0 radical (unpaired) electrons.